The van der Waals surface area contributed by atoms with Gasteiger partial charge in [0, 0.05) is 12.2 Å². The molecule has 1 atom stereocenters. The topological polar surface area (TPSA) is 70.1 Å². The molecule has 6 heteroatoms. The van der Waals surface area contributed by atoms with Crippen molar-refractivity contribution in [3.63, 3.8) is 0 Å². The first-order valence-corrected chi connectivity index (χ1v) is 7.15. The predicted molar refractivity (Wildman–Crippen MR) is 82.2 cm³/mol. The Hall–Kier alpha value is -2.01. The highest BCUT2D eigenvalue weighted by molar-refractivity contribution is 6.36. The van der Waals surface area contributed by atoms with Crippen molar-refractivity contribution >= 4 is 23.3 Å². The quantitative estimate of drug-likeness (QED) is 0.678. The molecule has 2 N–H and O–H groups in total. The van der Waals surface area contributed by atoms with Gasteiger partial charge >= 0.3 is 5.97 Å². The molecule has 0 aliphatic heterocycles. The summed E-state index contributed by atoms with van der Waals surface area (Å²) in [5.41, 5.74) is 6.98. The molecule has 1 aromatic carbocycles. The minimum Gasteiger partial charge on any atom is -0.455 e. The Morgan fingerprint density at radius 3 is 2.95 bits per heavy atom. The van der Waals surface area contributed by atoms with Crippen LogP contribution in [0.1, 0.15) is 42.4 Å². The Morgan fingerprint density at radius 1 is 1.48 bits per heavy atom. The van der Waals surface area contributed by atoms with Crippen molar-refractivity contribution in [3.8, 4) is 0 Å². The van der Waals surface area contributed by atoms with Gasteiger partial charge in [0.2, 0.25) is 0 Å². The number of benzene rings is 1. The molecule has 1 unspecified atom stereocenters. The lowest BCUT2D eigenvalue weighted by atomic mass is 10.2. The highest BCUT2D eigenvalue weighted by Crippen LogP contribution is 2.23. The number of hydrogen-bond donors (Lipinski definition) is 1. The fourth-order valence-corrected chi connectivity index (χ4v) is 2.01. The van der Waals surface area contributed by atoms with Crippen LogP contribution in [0.3, 0.4) is 0 Å². The van der Waals surface area contributed by atoms with E-state index in [1.165, 1.54) is 0 Å². The van der Waals surface area contributed by atoms with Crippen LogP contribution in [0, 0.1) is 0 Å². The first kappa shape index (κ1) is 15.4. The molecule has 21 heavy (non-hydrogen) atoms. The van der Waals surface area contributed by atoms with Gasteiger partial charge in [0.05, 0.1) is 22.0 Å². The van der Waals surface area contributed by atoms with Crippen LogP contribution in [-0.2, 0) is 11.3 Å². The second kappa shape index (κ2) is 6.63. The van der Waals surface area contributed by atoms with Crippen molar-refractivity contribution < 1.29 is 9.53 Å². The molecule has 0 bridgehead atoms. The van der Waals surface area contributed by atoms with E-state index in [4.69, 9.17) is 22.1 Å². The molecule has 0 saturated heterocycles. The molecule has 0 saturated carbocycles. The van der Waals surface area contributed by atoms with Gasteiger partial charge < -0.3 is 10.5 Å². The number of rotatable bonds is 5. The number of ether oxygens (including phenoxy) is 1. The summed E-state index contributed by atoms with van der Waals surface area (Å²) in [5, 5.41) is 4.58. The maximum atomic E-state index is 12.0. The lowest BCUT2D eigenvalue weighted by molar-refractivity contribution is 0.0467. The largest absolute Gasteiger partial charge is 0.455 e. The Kier molecular flexibility index (Phi) is 4.85. The normalized spacial score (nSPS) is 12.1. The molecule has 0 amide bonds. The third-order valence-electron chi connectivity index (χ3n) is 3.31. The van der Waals surface area contributed by atoms with Crippen LogP contribution < -0.4 is 5.73 Å². The zero-order chi connectivity index (χ0) is 15.4. The van der Waals surface area contributed by atoms with Gasteiger partial charge in [-0.15, -0.1) is 0 Å². The second-order valence-corrected chi connectivity index (χ2v) is 5.21. The minimum atomic E-state index is -0.509. The highest BCUT2D eigenvalue weighted by Gasteiger charge is 2.14. The van der Waals surface area contributed by atoms with Crippen LogP contribution in [-0.4, -0.2) is 15.7 Å². The zero-order valence-corrected chi connectivity index (χ0v) is 12.8. The molecule has 2 aromatic rings. The number of hydrogen-bond acceptors (Lipinski definition) is 4. The summed E-state index contributed by atoms with van der Waals surface area (Å²) in [7, 11) is 0. The van der Waals surface area contributed by atoms with E-state index < -0.39 is 5.97 Å². The van der Waals surface area contributed by atoms with Crippen molar-refractivity contribution in [2.75, 3.05) is 5.73 Å². The lowest BCUT2D eigenvalue weighted by Gasteiger charge is -2.08. The first-order valence-electron chi connectivity index (χ1n) is 6.78. The average Bonchev–Trinajstić information content (AvgIpc) is 2.95. The van der Waals surface area contributed by atoms with Gasteiger partial charge in [-0.25, -0.2) is 4.79 Å². The fourth-order valence-electron chi connectivity index (χ4n) is 1.81. The molecule has 1 aromatic heterocycles. The number of aromatic nitrogens is 2. The third-order valence-corrected chi connectivity index (χ3v) is 3.73. The van der Waals surface area contributed by atoms with Crippen molar-refractivity contribution in [1.29, 1.82) is 0 Å². The maximum Gasteiger partial charge on any atom is 0.340 e. The SMILES string of the molecule is CCC(C)n1ccc(COC(=O)c2cccc(N)c2Cl)n1. The van der Waals surface area contributed by atoms with E-state index in [9.17, 15) is 4.79 Å². The highest BCUT2D eigenvalue weighted by atomic mass is 35.5. The second-order valence-electron chi connectivity index (χ2n) is 4.83. The van der Waals surface area contributed by atoms with E-state index in [1.54, 1.807) is 18.2 Å². The van der Waals surface area contributed by atoms with Crippen molar-refractivity contribution in [1.82, 2.24) is 9.78 Å². The molecule has 2 rings (SSSR count). The van der Waals surface area contributed by atoms with E-state index in [0.717, 1.165) is 6.42 Å². The van der Waals surface area contributed by atoms with E-state index in [-0.39, 0.29) is 17.2 Å². The summed E-state index contributed by atoms with van der Waals surface area (Å²) in [6.45, 7) is 4.27. The Balaban J connectivity index is 2.01. The van der Waals surface area contributed by atoms with Crippen LogP contribution in [0.4, 0.5) is 5.69 Å². The number of halogens is 1. The minimum absolute atomic E-state index is 0.105. The van der Waals surface area contributed by atoms with Crippen molar-refractivity contribution in [2.45, 2.75) is 32.9 Å². The number of carbonyl (C=O) groups excluding carboxylic acids is 1. The number of anilines is 1. The molecular weight excluding hydrogens is 290 g/mol. The Labute approximate surface area is 128 Å². The van der Waals surface area contributed by atoms with Gasteiger partial charge in [0.25, 0.3) is 0 Å². The predicted octanol–water partition coefficient (Wildman–Crippen LogP) is 3.45. The smallest absolute Gasteiger partial charge is 0.340 e. The van der Waals surface area contributed by atoms with Gasteiger partial charge in [-0.2, -0.15) is 5.10 Å². The van der Waals surface area contributed by atoms with Crippen LogP contribution in [0.15, 0.2) is 30.5 Å². The number of carbonyl (C=O) groups is 1. The lowest BCUT2D eigenvalue weighted by Crippen LogP contribution is -2.08. The van der Waals surface area contributed by atoms with Crippen LogP contribution in [0.5, 0.6) is 0 Å². The number of esters is 1. The van der Waals surface area contributed by atoms with Crippen molar-refractivity contribution in [3.05, 3.63) is 46.7 Å². The summed E-state index contributed by atoms with van der Waals surface area (Å²) in [6.07, 6.45) is 2.87. The molecule has 0 fully saturated rings. The van der Waals surface area contributed by atoms with Gasteiger partial charge in [-0.05, 0) is 31.5 Å². The van der Waals surface area contributed by atoms with Gasteiger partial charge in [0.15, 0.2) is 0 Å². The maximum absolute atomic E-state index is 12.0. The van der Waals surface area contributed by atoms with Crippen LogP contribution >= 0.6 is 11.6 Å². The number of nitrogens with two attached hydrogens (primary N) is 1. The summed E-state index contributed by atoms with van der Waals surface area (Å²) >= 11 is 5.99. The molecule has 0 spiro atoms. The number of nitrogen functional groups attached to an aromatic ring is 1. The molecule has 0 aliphatic carbocycles. The summed E-state index contributed by atoms with van der Waals surface area (Å²) in [5.74, 6) is -0.509. The fraction of sp³-hybridized carbons (Fsp3) is 0.333. The molecule has 5 nitrogen and oxygen atoms in total. The summed E-state index contributed by atoms with van der Waals surface area (Å²) in [6, 6.07) is 7.03. The summed E-state index contributed by atoms with van der Waals surface area (Å²) < 4.78 is 7.08. The van der Waals surface area contributed by atoms with E-state index in [1.807, 2.05) is 16.9 Å². The van der Waals surface area contributed by atoms with E-state index >= 15 is 0 Å². The Morgan fingerprint density at radius 2 is 2.24 bits per heavy atom. The first-order chi connectivity index (χ1) is 10.0. The van der Waals surface area contributed by atoms with Crippen LogP contribution in [0.25, 0.3) is 0 Å². The molecule has 112 valence electrons. The average molecular weight is 308 g/mol. The molecule has 1 heterocycles. The molecule has 0 radical (unpaired) electrons. The number of nitrogens with zero attached hydrogens (tertiary/aromatic N) is 2. The van der Waals surface area contributed by atoms with E-state index in [0.29, 0.717) is 17.4 Å². The van der Waals surface area contributed by atoms with Gasteiger partial charge in [0.1, 0.15) is 6.61 Å². The zero-order valence-electron chi connectivity index (χ0n) is 12.0. The Bertz CT molecular complexity index is 640. The molecule has 0 aliphatic rings. The van der Waals surface area contributed by atoms with Gasteiger partial charge in [-0.3, -0.25) is 4.68 Å². The third kappa shape index (κ3) is 3.55. The van der Waals surface area contributed by atoms with Crippen LogP contribution in [0.2, 0.25) is 5.02 Å². The van der Waals surface area contributed by atoms with Gasteiger partial charge in [-0.1, -0.05) is 24.6 Å². The standard InChI is InChI=1S/C15H18ClN3O2/c1-3-10(2)19-8-7-11(18-19)9-21-15(20)12-5-4-6-13(17)14(12)16/h4-8,10H,3,9,17H2,1-2H3. The van der Waals surface area contributed by atoms with Crippen molar-refractivity contribution in [2.24, 2.45) is 0 Å². The van der Waals surface area contributed by atoms with E-state index in [2.05, 4.69) is 18.9 Å². The molecular formula is C15H18ClN3O2. The summed E-state index contributed by atoms with van der Waals surface area (Å²) in [4.78, 5) is 12.0. The monoisotopic (exact) mass is 307 g/mol.